The Morgan fingerprint density at radius 2 is 2.04 bits per heavy atom. The average Bonchev–Trinajstić information content (AvgIpc) is 3.37. The Kier molecular flexibility index (Phi) is 3.82. The van der Waals surface area contributed by atoms with Crippen LogP contribution in [0.1, 0.15) is 32.0 Å². The van der Waals surface area contributed by atoms with Crippen LogP contribution in [0.5, 0.6) is 0 Å². The van der Waals surface area contributed by atoms with E-state index in [2.05, 4.69) is 31.7 Å². The van der Waals surface area contributed by atoms with Crippen LogP contribution in [0, 0.1) is 5.92 Å². The molecule has 0 unspecified atom stereocenters. The van der Waals surface area contributed by atoms with Crippen LogP contribution in [0.4, 0.5) is 5.82 Å². The molecule has 4 atom stereocenters. The average molecular weight is 380 g/mol. The minimum Gasteiger partial charge on any atom is -0.383 e. The standard InChI is InChI=1S/C20H24N6O2/c1-20(2)27-16-12(4-5-13-9-25(3)11-24-13)8-15(17(16)28-20)26-7-6-14-18(21)22-10-23-19(14)26/h4-7,9-12,15-17H,8H2,1-3H3,(H2,21,22,23)/b5-4+/t12-,15+,16+,17-/m0/s1. The van der Waals surface area contributed by atoms with Gasteiger partial charge < -0.3 is 24.3 Å². The van der Waals surface area contributed by atoms with E-state index >= 15 is 0 Å². The Bertz CT molecular complexity index is 1050. The number of nitrogen functional groups attached to an aromatic ring is 1. The molecule has 0 amide bonds. The molecule has 1 saturated heterocycles. The van der Waals surface area contributed by atoms with Crippen molar-refractivity contribution in [3.05, 3.63) is 42.9 Å². The molecule has 5 rings (SSSR count). The van der Waals surface area contributed by atoms with E-state index in [1.54, 1.807) is 6.33 Å². The van der Waals surface area contributed by atoms with Crippen molar-refractivity contribution in [1.82, 2.24) is 24.1 Å². The van der Waals surface area contributed by atoms with Crippen molar-refractivity contribution in [3.8, 4) is 0 Å². The highest BCUT2D eigenvalue weighted by atomic mass is 16.8. The minimum absolute atomic E-state index is 0.0170. The third kappa shape index (κ3) is 2.80. The largest absolute Gasteiger partial charge is 0.383 e. The molecule has 0 spiro atoms. The number of imidazole rings is 1. The molecular formula is C20H24N6O2. The van der Waals surface area contributed by atoms with E-state index in [4.69, 9.17) is 15.2 Å². The molecule has 0 radical (unpaired) electrons. The number of ether oxygens (including phenoxy) is 2. The first-order chi connectivity index (χ1) is 13.4. The first-order valence-corrected chi connectivity index (χ1v) is 9.50. The predicted octanol–water partition coefficient (Wildman–Crippen LogP) is 2.54. The van der Waals surface area contributed by atoms with Gasteiger partial charge in [0.15, 0.2) is 5.79 Å². The van der Waals surface area contributed by atoms with Crippen molar-refractivity contribution in [1.29, 1.82) is 0 Å². The Labute approximate surface area is 163 Å². The number of rotatable bonds is 3. The van der Waals surface area contributed by atoms with Crippen LogP contribution >= 0.6 is 0 Å². The predicted molar refractivity (Wildman–Crippen MR) is 105 cm³/mol. The van der Waals surface area contributed by atoms with Gasteiger partial charge in [-0.2, -0.15) is 0 Å². The molecule has 8 nitrogen and oxygen atoms in total. The van der Waals surface area contributed by atoms with Crippen LogP contribution in [-0.4, -0.2) is 42.1 Å². The third-order valence-electron chi connectivity index (χ3n) is 5.61. The maximum absolute atomic E-state index is 6.30. The monoisotopic (exact) mass is 380 g/mol. The van der Waals surface area contributed by atoms with Crippen molar-refractivity contribution in [2.75, 3.05) is 5.73 Å². The molecule has 28 heavy (non-hydrogen) atoms. The van der Waals surface area contributed by atoms with E-state index in [1.165, 1.54) is 6.33 Å². The molecule has 4 heterocycles. The summed E-state index contributed by atoms with van der Waals surface area (Å²) in [6.45, 7) is 3.94. The molecule has 2 aliphatic rings. The Hall–Kier alpha value is -2.71. The van der Waals surface area contributed by atoms with E-state index in [0.29, 0.717) is 5.82 Å². The molecule has 1 saturated carbocycles. The van der Waals surface area contributed by atoms with Crippen molar-refractivity contribution < 1.29 is 9.47 Å². The van der Waals surface area contributed by atoms with Gasteiger partial charge in [-0.05, 0) is 32.4 Å². The molecule has 0 aromatic carbocycles. The van der Waals surface area contributed by atoms with Crippen LogP contribution in [0.15, 0.2) is 37.2 Å². The highest BCUT2D eigenvalue weighted by Gasteiger charge is 2.54. The van der Waals surface area contributed by atoms with Gasteiger partial charge in [0.2, 0.25) is 0 Å². The highest BCUT2D eigenvalue weighted by molar-refractivity contribution is 5.86. The Morgan fingerprint density at radius 1 is 1.21 bits per heavy atom. The minimum atomic E-state index is -0.609. The maximum atomic E-state index is 6.30. The Balaban J connectivity index is 1.50. The van der Waals surface area contributed by atoms with Crippen LogP contribution in [-0.2, 0) is 16.5 Å². The second-order valence-corrected chi connectivity index (χ2v) is 8.07. The van der Waals surface area contributed by atoms with Gasteiger partial charge in [0.25, 0.3) is 0 Å². The van der Waals surface area contributed by atoms with Gasteiger partial charge in [-0.1, -0.05) is 6.08 Å². The van der Waals surface area contributed by atoms with Gasteiger partial charge in [-0.15, -0.1) is 0 Å². The molecule has 1 aliphatic carbocycles. The molecular weight excluding hydrogens is 356 g/mol. The molecule has 2 N–H and O–H groups in total. The lowest BCUT2D eigenvalue weighted by atomic mass is 10.0. The number of anilines is 1. The van der Waals surface area contributed by atoms with Gasteiger partial charge in [-0.25, -0.2) is 15.0 Å². The second-order valence-electron chi connectivity index (χ2n) is 8.07. The number of aryl methyl sites for hydroxylation is 1. The summed E-state index contributed by atoms with van der Waals surface area (Å²) >= 11 is 0. The molecule has 146 valence electrons. The SMILES string of the molecule is Cn1cnc(/C=C/[C@H]2C[C@@H](n3ccc4c(N)ncnc43)[C@@H]3OC(C)(C)O[C@@H]32)c1. The molecule has 3 aromatic heterocycles. The quantitative estimate of drug-likeness (QED) is 0.751. The molecule has 1 aliphatic heterocycles. The summed E-state index contributed by atoms with van der Waals surface area (Å²) in [5.41, 5.74) is 7.79. The fourth-order valence-corrected chi connectivity index (χ4v) is 4.45. The molecule has 8 heteroatoms. The summed E-state index contributed by atoms with van der Waals surface area (Å²) in [5, 5.41) is 0.865. The number of nitrogens with zero attached hydrogens (tertiary/aromatic N) is 5. The van der Waals surface area contributed by atoms with Crippen molar-refractivity contribution in [3.63, 3.8) is 0 Å². The summed E-state index contributed by atoms with van der Waals surface area (Å²) in [4.78, 5) is 12.9. The lowest BCUT2D eigenvalue weighted by molar-refractivity contribution is -0.158. The first kappa shape index (κ1) is 17.4. The number of fused-ring (bicyclic) bond motifs is 2. The zero-order valence-corrected chi connectivity index (χ0v) is 16.2. The van der Waals surface area contributed by atoms with E-state index in [-0.39, 0.29) is 24.2 Å². The van der Waals surface area contributed by atoms with E-state index in [9.17, 15) is 0 Å². The maximum Gasteiger partial charge on any atom is 0.163 e. The summed E-state index contributed by atoms with van der Waals surface area (Å²) in [6, 6.07) is 2.08. The van der Waals surface area contributed by atoms with E-state index in [1.807, 2.05) is 43.9 Å². The molecule has 2 fully saturated rings. The number of hydrogen-bond acceptors (Lipinski definition) is 6. The fourth-order valence-electron chi connectivity index (χ4n) is 4.45. The lowest BCUT2D eigenvalue weighted by Crippen LogP contribution is -2.27. The van der Waals surface area contributed by atoms with Crippen molar-refractivity contribution in [2.45, 2.75) is 44.3 Å². The summed E-state index contributed by atoms with van der Waals surface area (Å²) in [7, 11) is 1.97. The summed E-state index contributed by atoms with van der Waals surface area (Å²) in [5.74, 6) is 0.103. The van der Waals surface area contributed by atoms with E-state index < -0.39 is 5.79 Å². The fraction of sp³-hybridized carbons (Fsp3) is 0.450. The highest BCUT2D eigenvalue weighted by Crippen LogP contribution is 2.48. The normalized spacial score (nSPS) is 29.1. The lowest BCUT2D eigenvalue weighted by Gasteiger charge is -2.24. The number of aromatic nitrogens is 5. The Morgan fingerprint density at radius 3 is 2.82 bits per heavy atom. The van der Waals surface area contributed by atoms with Crippen LogP contribution in [0.2, 0.25) is 0 Å². The van der Waals surface area contributed by atoms with Gasteiger partial charge in [0.1, 0.15) is 23.9 Å². The topological polar surface area (TPSA) is 93.0 Å². The second kappa shape index (κ2) is 6.15. The smallest absolute Gasteiger partial charge is 0.163 e. The zero-order valence-electron chi connectivity index (χ0n) is 16.2. The van der Waals surface area contributed by atoms with Crippen LogP contribution in [0.25, 0.3) is 17.1 Å². The summed E-state index contributed by atoms with van der Waals surface area (Å²) in [6.07, 6.45) is 12.4. The molecule has 0 bridgehead atoms. The van der Waals surface area contributed by atoms with Gasteiger partial charge >= 0.3 is 0 Å². The first-order valence-electron chi connectivity index (χ1n) is 9.50. The van der Waals surface area contributed by atoms with Gasteiger partial charge in [-0.3, -0.25) is 0 Å². The summed E-state index contributed by atoms with van der Waals surface area (Å²) < 4.78 is 16.7. The van der Waals surface area contributed by atoms with Crippen molar-refractivity contribution in [2.24, 2.45) is 13.0 Å². The number of nitrogens with two attached hydrogens (primary N) is 1. The zero-order chi connectivity index (χ0) is 19.5. The van der Waals surface area contributed by atoms with Gasteiger partial charge in [0, 0.05) is 25.4 Å². The third-order valence-corrected chi connectivity index (χ3v) is 5.61. The number of hydrogen-bond donors (Lipinski definition) is 1. The van der Waals surface area contributed by atoms with Gasteiger partial charge in [0.05, 0.1) is 29.6 Å². The van der Waals surface area contributed by atoms with Crippen LogP contribution < -0.4 is 5.73 Å². The molecule has 3 aromatic rings. The van der Waals surface area contributed by atoms with Crippen LogP contribution in [0.3, 0.4) is 0 Å². The van der Waals surface area contributed by atoms with E-state index in [0.717, 1.165) is 23.1 Å². The van der Waals surface area contributed by atoms with Crippen molar-refractivity contribution >= 4 is 22.9 Å².